The summed E-state index contributed by atoms with van der Waals surface area (Å²) in [6.45, 7) is 3.66. The van der Waals surface area contributed by atoms with E-state index in [1.165, 1.54) is 0 Å². The Morgan fingerprint density at radius 3 is 2.36 bits per heavy atom. The number of halogens is 2. The molecule has 3 aromatic carbocycles. The van der Waals surface area contributed by atoms with Crippen LogP contribution in [-0.2, 0) is 11.3 Å². The van der Waals surface area contributed by atoms with Crippen LogP contribution in [0.3, 0.4) is 0 Å². The Balaban J connectivity index is 1.28. The van der Waals surface area contributed by atoms with Crippen LogP contribution in [0.2, 0.25) is 10.0 Å². The van der Waals surface area contributed by atoms with E-state index < -0.39 is 0 Å². The van der Waals surface area contributed by atoms with E-state index in [9.17, 15) is 14.9 Å². The van der Waals surface area contributed by atoms with E-state index >= 15 is 0 Å². The third-order valence-corrected chi connectivity index (χ3v) is 8.13. The van der Waals surface area contributed by atoms with Gasteiger partial charge in [0, 0.05) is 50.9 Å². The lowest BCUT2D eigenvalue weighted by atomic mass is 10.1. The van der Waals surface area contributed by atoms with Crippen molar-refractivity contribution in [1.29, 1.82) is 5.26 Å². The van der Waals surface area contributed by atoms with Gasteiger partial charge in [-0.25, -0.2) is 0 Å². The first kappa shape index (κ1) is 27.0. The normalized spacial score (nSPS) is 19.5. The van der Waals surface area contributed by atoms with Crippen LogP contribution in [0, 0.1) is 11.3 Å². The molecule has 39 heavy (non-hydrogen) atoms. The van der Waals surface area contributed by atoms with Crippen molar-refractivity contribution in [2.75, 3.05) is 37.6 Å². The fourth-order valence-electron chi connectivity index (χ4n) is 5.39. The molecule has 2 heterocycles. The van der Waals surface area contributed by atoms with Crippen molar-refractivity contribution in [2.24, 2.45) is 0 Å². The first-order valence-corrected chi connectivity index (χ1v) is 13.8. The maximum absolute atomic E-state index is 13.8. The molecule has 7 nitrogen and oxygen atoms in total. The molecule has 2 fully saturated rings. The number of nitriles is 1. The standard InChI is InChI=1S/C30H29Cl2N5O2/c31-25-11-10-22(16-26(25)32)29(38)34-24-17-28(37(20-24)19-21-6-2-1-3-7-21)30(39)36-14-12-35(13-15-36)27-9-5-4-8-23(27)18-33/h1-11,16,24,28H,12-15,17,19-20H2,(H,34,38). The molecule has 3 aromatic rings. The number of carbonyl (C=O) groups is 2. The molecule has 2 saturated heterocycles. The van der Waals surface area contributed by atoms with E-state index in [0.717, 1.165) is 11.3 Å². The number of likely N-dealkylation sites (tertiary alicyclic amines) is 1. The maximum atomic E-state index is 13.8. The molecule has 2 aliphatic rings. The fourth-order valence-corrected chi connectivity index (χ4v) is 5.68. The van der Waals surface area contributed by atoms with Gasteiger partial charge in [-0.1, -0.05) is 65.7 Å². The van der Waals surface area contributed by atoms with Crippen LogP contribution in [0.25, 0.3) is 0 Å². The monoisotopic (exact) mass is 561 g/mol. The van der Waals surface area contributed by atoms with Crippen molar-refractivity contribution in [3.8, 4) is 6.07 Å². The third-order valence-electron chi connectivity index (χ3n) is 7.39. The first-order valence-electron chi connectivity index (χ1n) is 13.0. The van der Waals surface area contributed by atoms with Gasteiger partial charge in [0.05, 0.1) is 27.3 Å². The van der Waals surface area contributed by atoms with E-state index in [-0.39, 0.29) is 23.9 Å². The zero-order valence-electron chi connectivity index (χ0n) is 21.4. The Kier molecular flexibility index (Phi) is 8.37. The summed E-state index contributed by atoms with van der Waals surface area (Å²) in [5, 5.41) is 13.3. The van der Waals surface area contributed by atoms with Gasteiger partial charge in [0.2, 0.25) is 5.91 Å². The fraction of sp³-hybridized carbons (Fsp3) is 0.300. The summed E-state index contributed by atoms with van der Waals surface area (Å²) in [6, 6.07) is 24.2. The van der Waals surface area contributed by atoms with Crippen LogP contribution in [0.15, 0.2) is 72.8 Å². The van der Waals surface area contributed by atoms with E-state index in [0.29, 0.717) is 66.9 Å². The number of amides is 2. The Hall–Kier alpha value is -3.57. The van der Waals surface area contributed by atoms with Crippen molar-refractivity contribution >= 4 is 40.7 Å². The minimum absolute atomic E-state index is 0.0745. The second-order valence-electron chi connectivity index (χ2n) is 9.91. The molecule has 1 N–H and O–H groups in total. The highest BCUT2D eigenvalue weighted by atomic mass is 35.5. The highest BCUT2D eigenvalue weighted by molar-refractivity contribution is 6.42. The van der Waals surface area contributed by atoms with Crippen LogP contribution in [0.4, 0.5) is 5.69 Å². The summed E-state index contributed by atoms with van der Waals surface area (Å²) in [7, 11) is 0. The molecule has 2 unspecified atom stereocenters. The van der Waals surface area contributed by atoms with Gasteiger partial charge < -0.3 is 15.1 Å². The number of carbonyl (C=O) groups excluding carboxylic acids is 2. The smallest absolute Gasteiger partial charge is 0.251 e. The summed E-state index contributed by atoms with van der Waals surface area (Å²) in [5.41, 5.74) is 3.10. The number of rotatable bonds is 6. The van der Waals surface area contributed by atoms with Gasteiger partial charge in [-0.15, -0.1) is 0 Å². The summed E-state index contributed by atoms with van der Waals surface area (Å²) in [4.78, 5) is 33.0. The van der Waals surface area contributed by atoms with Gasteiger partial charge in [0.25, 0.3) is 5.91 Å². The van der Waals surface area contributed by atoms with E-state index in [2.05, 4.69) is 33.3 Å². The SMILES string of the molecule is N#Cc1ccccc1N1CCN(C(=O)C2CC(NC(=O)c3ccc(Cl)c(Cl)c3)CN2Cc2ccccc2)CC1. The van der Waals surface area contributed by atoms with Crippen LogP contribution >= 0.6 is 23.2 Å². The Labute approximate surface area is 238 Å². The van der Waals surface area contributed by atoms with Crippen LogP contribution < -0.4 is 10.2 Å². The Morgan fingerprint density at radius 2 is 1.64 bits per heavy atom. The number of piperazine rings is 1. The Bertz CT molecular complexity index is 1390. The van der Waals surface area contributed by atoms with E-state index in [1.807, 2.05) is 47.4 Å². The molecular formula is C30H29Cl2N5O2. The number of anilines is 1. The van der Waals surface area contributed by atoms with E-state index in [4.69, 9.17) is 23.2 Å². The summed E-state index contributed by atoms with van der Waals surface area (Å²) >= 11 is 12.1. The lowest BCUT2D eigenvalue weighted by Gasteiger charge is -2.38. The largest absolute Gasteiger partial charge is 0.367 e. The quantitative estimate of drug-likeness (QED) is 0.476. The number of hydrogen-bond donors (Lipinski definition) is 1. The van der Waals surface area contributed by atoms with Crippen molar-refractivity contribution in [3.63, 3.8) is 0 Å². The average molecular weight is 563 g/mol. The topological polar surface area (TPSA) is 79.7 Å². The summed E-state index contributed by atoms with van der Waals surface area (Å²) in [6.07, 6.45) is 0.524. The molecule has 2 amide bonds. The van der Waals surface area contributed by atoms with Gasteiger partial charge in [0.15, 0.2) is 0 Å². The molecule has 0 aliphatic carbocycles. The molecule has 2 aliphatic heterocycles. The van der Waals surface area contributed by atoms with Crippen LogP contribution in [-0.4, -0.2) is 66.4 Å². The van der Waals surface area contributed by atoms with Gasteiger partial charge in [0.1, 0.15) is 6.07 Å². The zero-order chi connectivity index (χ0) is 27.4. The van der Waals surface area contributed by atoms with Crippen molar-refractivity contribution in [2.45, 2.75) is 25.0 Å². The Morgan fingerprint density at radius 1 is 0.923 bits per heavy atom. The second-order valence-corrected chi connectivity index (χ2v) is 10.7. The molecule has 5 rings (SSSR count). The van der Waals surface area contributed by atoms with Crippen LogP contribution in [0.5, 0.6) is 0 Å². The van der Waals surface area contributed by atoms with E-state index in [1.54, 1.807) is 18.2 Å². The predicted molar refractivity (Wildman–Crippen MR) is 153 cm³/mol. The summed E-state index contributed by atoms with van der Waals surface area (Å²) in [5.74, 6) is -0.165. The molecule has 0 spiro atoms. The van der Waals surface area contributed by atoms with Crippen LogP contribution in [0.1, 0.15) is 27.9 Å². The molecule has 0 bridgehead atoms. The average Bonchev–Trinajstić information content (AvgIpc) is 3.36. The molecule has 0 aromatic heterocycles. The number of nitrogens with zero attached hydrogens (tertiary/aromatic N) is 4. The molecule has 2 atom stereocenters. The van der Waals surface area contributed by atoms with Crippen molar-refractivity contribution in [3.05, 3.63) is 99.5 Å². The minimum atomic E-state index is -0.345. The first-order chi connectivity index (χ1) is 18.9. The van der Waals surface area contributed by atoms with Gasteiger partial charge in [-0.05, 0) is 42.3 Å². The van der Waals surface area contributed by atoms with Gasteiger partial charge in [-0.2, -0.15) is 5.26 Å². The molecule has 0 saturated carbocycles. The molecular weight excluding hydrogens is 533 g/mol. The number of nitrogens with one attached hydrogen (secondary N) is 1. The number of benzene rings is 3. The maximum Gasteiger partial charge on any atom is 0.251 e. The molecule has 9 heteroatoms. The minimum Gasteiger partial charge on any atom is -0.367 e. The van der Waals surface area contributed by atoms with Crippen molar-refractivity contribution in [1.82, 2.24) is 15.1 Å². The van der Waals surface area contributed by atoms with Crippen molar-refractivity contribution < 1.29 is 9.59 Å². The molecule has 0 radical (unpaired) electrons. The highest BCUT2D eigenvalue weighted by Crippen LogP contribution is 2.27. The lowest BCUT2D eigenvalue weighted by Crippen LogP contribution is -2.53. The second kappa shape index (κ2) is 12.1. The lowest BCUT2D eigenvalue weighted by molar-refractivity contribution is -0.136. The van der Waals surface area contributed by atoms with Gasteiger partial charge in [-0.3, -0.25) is 14.5 Å². The summed E-state index contributed by atoms with van der Waals surface area (Å²) < 4.78 is 0. The third kappa shape index (κ3) is 6.20. The molecule has 200 valence electrons. The number of hydrogen-bond acceptors (Lipinski definition) is 5. The van der Waals surface area contributed by atoms with Gasteiger partial charge >= 0.3 is 0 Å². The predicted octanol–water partition coefficient (Wildman–Crippen LogP) is 4.59. The number of para-hydroxylation sites is 1. The highest BCUT2D eigenvalue weighted by Gasteiger charge is 2.40. The zero-order valence-corrected chi connectivity index (χ0v) is 22.9.